The van der Waals surface area contributed by atoms with Gasteiger partial charge < -0.3 is 0 Å². The molecule has 1 atom stereocenters. The second kappa shape index (κ2) is 5.42. The molecule has 0 aliphatic carbocycles. The molecule has 88 valence electrons. The number of aromatic nitrogens is 2. The molecule has 0 aliphatic heterocycles. The van der Waals surface area contributed by atoms with Gasteiger partial charge in [0.25, 0.3) is 0 Å². The van der Waals surface area contributed by atoms with Gasteiger partial charge in [-0.25, -0.2) is 9.97 Å². The highest BCUT2D eigenvalue weighted by atomic mass is 32.2. The Hall–Kier alpha value is -1.20. The van der Waals surface area contributed by atoms with E-state index in [1.165, 1.54) is 0 Å². The molecule has 2 heterocycles. The molecule has 2 aromatic heterocycles. The largest absolute Gasteiger partial charge is 0.253 e. The van der Waals surface area contributed by atoms with Crippen molar-refractivity contribution in [2.45, 2.75) is 10.1 Å². The number of hydrogen-bond acceptors (Lipinski definition) is 4. The van der Waals surface area contributed by atoms with Crippen molar-refractivity contribution in [1.82, 2.24) is 9.97 Å². The zero-order valence-electron chi connectivity index (χ0n) is 9.58. The van der Waals surface area contributed by atoms with E-state index in [0.717, 1.165) is 16.4 Å². The second-order valence-electron chi connectivity index (χ2n) is 3.38. The van der Waals surface area contributed by atoms with Gasteiger partial charge in [0.15, 0.2) is 0 Å². The number of thioether (sulfide) groups is 1. The highest BCUT2D eigenvalue weighted by molar-refractivity contribution is 7.98. The van der Waals surface area contributed by atoms with Gasteiger partial charge in [0.05, 0.1) is 27.2 Å². The lowest BCUT2D eigenvalue weighted by molar-refractivity contribution is 0.684. The minimum atomic E-state index is -1.06. The Morgan fingerprint density at radius 1 is 1.06 bits per heavy atom. The summed E-state index contributed by atoms with van der Waals surface area (Å²) >= 11 is 1.59. The van der Waals surface area contributed by atoms with E-state index in [2.05, 4.69) is 9.97 Å². The smallest absolute Gasteiger partial charge is 0.127 e. The fourth-order valence-electron chi connectivity index (χ4n) is 1.39. The number of nitrogens with zero attached hydrogens (tertiary/aromatic N) is 2. The molecule has 0 saturated carbocycles. The molecular formula is C12H12N2OS2. The van der Waals surface area contributed by atoms with E-state index in [0.29, 0.717) is 5.03 Å². The minimum Gasteiger partial charge on any atom is -0.253 e. The lowest BCUT2D eigenvalue weighted by Gasteiger charge is -2.03. The normalized spacial score (nSPS) is 12.4. The van der Waals surface area contributed by atoms with Crippen molar-refractivity contribution >= 4 is 22.6 Å². The van der Waals surface area contributed by atoms with Crippen LogP contribution in [0.2, 0.25) is 0 Å². The molecule has 0 amide bonds. The van der Waals surface area contributed by atoms with Gasteiger partial charge in [-0.2, -0.15) is 0 Å². The van der Waals surface area contributed by atoms with Crippen molar-refractivity contribution in [2.75, 3.05) is 12.5 Å². The molecule has 5 heteroatoms. The quantitative estimate of drug-likeness (QED) is 0.799. The van der Waals surface area contributed by atoms with E-state index < -0.39 is 10.8 Å². The van der Waals surface area contributed by atoms with Gasteiger partial charge in [-0.3, -0.25) is 4.21 Å². The Kier molecular flexibility index (Phi) is 3.91. The Morgan fingerprint density at radius 3 is 2.35 bits per heavy atom. The first-order valence-electron chi connectivity index (χ1n) is 5.02. The first-order chi connectivity index (χ1) is 8.20. The van der Waals surface area contributed by atoms with Crippen LogP contribution in [0, 0.1) is 0 Å². The molecule has 0 fully saturated rings. The van der Waals surface area contributed by atoms with Gasteiger partial charge in [0.2, 0.25) is 0 Å². The summed E-state index contributed by atoms with van der Waals surface area (Å²) in [6, 6.07) is 11.3. The average molecular weight is 264 g/mol. The zero-order chi connectivity index (χ0) is 12.3. The van der Waals surface area contributed by atoms with Crippen LogP contribution >= 0.6 is 11.8 Å². The van der Waals surface area contributed by atoms with Crippen LogP contribution in [0.1, 0.15) is 0 Å². The Bertz CT molecular complexity index is 558. The maximum absolute atomic E-state index is 11.4. The molecule has 0 N–H and O–H groups in total. The number of rotatable bonds is 3. The maximum atomic E-state index is 11.4. The highest BCUT2D eigenvalue weighted by Crippen LogP contribution is 2.19. The fraction of sp³-hybridized carbons (Fsp3) is 0.167. The van der Waals surface area contributed by atoms with E-state index in [1.807, 2.05) is 36.6 Å². The number of hydrogen-bond donors (Lipinski definition) is 0. The Morgan fingerprint density at radius 2 is 1.71 bits per heavy atom. The van der Waals surface area contributed by atoms with Crippen LogP contribution < -0.4 is 0 Å². The summed E-state index contributed by atoms with van der Waals surface area (Å²) < 4.78 is 11.4. The summed E-state index contributed by atoms with van der Waals surface area (Å²) in [5, 5.41) is 1.53. The topological polar surface area (TPSA) is 42.9 Å². The molecule has 0 bridgehead atoms. The fourth-order valence-corrected chi connectivity index (χ4v) is 2.29. The first-order valence-corrected chi connectivity index (χ1v) is 7.81. The van der Waals surface area contributed by atoms with E-state index in [9.17, 15) is 4.21 Å². The third-order valence-corrected chi connectivity index (χ3v) is 3.68. The molecule has 0 aromatic carbocycles. The van der Waals surface area contributed by atoms with E-state index in [-0.39, 0.29) is 0 Å². The van der Waals surface area contributed by atoms with Gasteiger partial charge in [-0.15, -0.1) is 11.8 Å². The van der Waals surface area contributed by atoms with Crippen molar-refractivity contribution in [2.24, 2.45) is 0 Å². The molecule has 3 nitrogen and oxygen atoms in total. The summed E-state index contributed by atoms with van der Waals surface area (Å²) in [5.41, 5.74) is 1.57. The maximum Gasteiger partial charge on any atom is 0.127 e. The monoisotopic (exact) mass is 264 g/mol. The Balaban J connectivity index is 2.45. The van der Waals surface area contributed by atoms with Crippen molar-refractivity contribution in [3.63, 3.8) is 0 Å². The summed E-state index contributed by atoms with van der Waals surface area (Å²) in [4.78, 5) is 8.81. The molecule has 2 rings (SSSR count). The van der Waals surface area contributed by atoms with Crippen molar-refractivity contribution in [3.8, 4) is 11.4 Å². The summed E-state index contributed by atoms with van der Waals surface area (Å²) in [5.74, 6) is 0. The highest BCUT2D eigenvalue weighted by Gasteiger charge is 2.05. The standard InChI is InChI=1S/C12H12N2OS2/c1-16-11-7-3-5-9(13-11)10-6-4-8-12(14-10)17(2)15/h3-8H,1-2H3/t17-/m0/s1. The van der Waals surface area contributed by atoms with Crippen LogP contribution in [-0.4, -0.2) is 26.7 Å². The molecule has 0 unspecified atom stereocenters. The minimum absolute atomic E-state index is 0.582. The average Bonchev–Trinajstić information content (AvgIpc) is 2.39. The van der Waals surface area contributed by atoms with Crippen molar-refractivity contribution in [1.29, 1.82) is 0 Å². The van der Waals surface area contributed by atoms with Gasteiger partial charge in [0, 0.05) is 6.26 Å². The van der Waals surface area contributed by atoms with E-state index >= 15 is 0 Å². The molecule has 0 aliphatic rings. The van der Waals surface area contributed by atoms with Crippen LogP contribution in [0.3, 0.4) is 0 Å². The summed E-state index contributed by atoms with van der Waals surface area (Å²) in [6.07, 6.45) is 3.61. The second-order valence-corrected chi connectivity index (χ2v) is 5.53. The first kappa shape index (κ1) is 12.3. The lowest BCUT2D eigenvalue weighted by atomic mass is 10.2. The van der Waals surface area contributed by atoms with Gasteiger partial charge in [-0.05, 0) is 30.5 Å². The van der Waals surface area contributed by atoms with Gasteiger partial charge in [0.1, 0.15) is 5.03 Å². The molecular weight excluding hydrogens is 252 g/mol. The van der Waals surface area contributed by atoms with E-state index in [1.54, 1.807) is 24.1 Å². The van der Waals surface area contributed by atoms with Gasteiger partial charge in [-0.1, -0.05) is 12.1 Å². The van der Waals surface area contributed by atoms with Crippen LogP contribution in [0.4, 0.5) is 0 Å². The van der Waals surface area contributed by atoms with Crippen LogP contribution in [0.5, 0.6) is 0 Å². The predicted molar refractivity (Wildman–Crippen MR) is 71.6 cm³/mol. The third-order valence-electron chi connectivity index (χ3n) is 2.21. The van der Waals surface area contributed by atoms with E-state index in [4.69, 9.17) is 0 Å². The van der Waals surface area contributed by atoms with Crippen LogP contribution in [0.25, 0.3) is 11.4 Å². The van der Waals surface area contributed by atoms with Crippen molar-refractivity contribution < 1.29 is 4.21 Å². The molecule has 0 saturated heterocycles. The van der Waals surface area contributed by atoms with Crippen LogP contribution in [-0.2, 0) is 10.8 Å². The SMILES string of the molecule is CSc1cccc(-c2cccc([S@](C)=O)n2)n1. The predicted octanol–water partition coefficient (Wildman–Crippen LogP) is 2.60. The molecule has 0 radical (unpaired) electrons. The van der Waals surface area contributed by atoms with Gasteiger partial charge >= 0.3 is 0 Å². The van der Waals surface area contributed by atoms with Crippen LogP contribution in [0.15, 0.2) is 46.5 Å². The molecule has 0 spiro atoms. The third kappa shape index (κ3) is 2.92. The summed E-state index contributed by atoms with van der Waals surface area (Å²) in [6.45, 7) is 0. The Labute approximate surface area is 107 Å². The zero-order valence-corrected chi connectivity index (χ0v) is 11.2. The molecule has 17 heavy (non-hydrogen) atoms. The van der Waals surface area contributed by atoms with Crippen molar-refractivity contribution in [3.05, 3.63) is 36.4 Å². The lowest BCUT2D eigenvalue weighted by Crippen LogP contribution is -1.95. The number of pyridine rings is 2. The summed E-state index contributed by atoms with van der Waals surface area (Å²) in [7, 11) is -1.06. The molecule has 2 aromatic rings.